The summed E-state index contributed by atoms with van der Waals surface area (Å²) in [7, 11) is 0. The first-order valence-corrected chi connectivity index (χ1v) is 3.95. The molecule has 0 amide bonds. The van der Waals surface area contributed by atoms with Gasteiger partial charge in [0.1, 0.15) is 0 Å². The van der Waals surface area contributed by atoms with Crippen LogP contribution in [0, 0.1) is 0 Å². The van der Waals surface area contributed by atoms with E-state index in [-0.39, 0.29) is 0 Å². The van der Waals surface area contributed by atoms with Crippen LogP contribution in [0.15, 0.2) is 10.6 Å². The van der Waals surface area contributed by atoms with Crippen molar-refractivity contribution in [1.29, 1.82) is 0 Å². The lowest BCUT2D eigenvalue weighted by Gasteiger charge is -1.79. The molecule has 0 aliphatic heterocycles. The molecule has 10 heavy (non-hydrogen) atoms. The summed E-state index contributed by atoms with van der Waals surface area (Å²) in [6, 6.07) is 1.95. The second kappa shape index (κ2) is 2.27. The summed E-state index contributed by atoms with van der Waals surface area (Å²) in [4.78, 5) is 0. The third-order valence-electron chi connectivity index (χ3n) is 1.70. The Balaban J connectivity index is 2.19. The van der Waals surface area contributed by atoms with Crippen molar-refractivity contribution in [2.45, 2.75) is 24.6 Å². The Morgan fingerprint density at radius 1 is 1.70 bits per heavy atom. The van der Waals surface area contributed by atoms with Crippen molar-refractivity contribution >= 4 is 11.6 Å². The van der Waals surface area contributed by atoms with Crippen molar-refractivity contribution in [2.24, 2.45) is 0 Å². The number of halogens is 1. The van der Waals surface area contributed by atoms with Crippen molar-refractivity contribution in [3.8, 4) is 0 Å². The topological polar surface area (TPSA) is 26.0 Å². The SMILES string of the molecule is ClCc1cc(C2CC2)no1. The first kappa shape index (κ1) is 6.23. The summed E-state index contributed by atoms with van der Waals surface area (Å²) in [6.07, 6.45) is 2.52. The van der Waals surface area contributed by atoms with E-state index in [0.717, 1.165) is 11.5 Å². The van der Waals surface area contributed by atoms with Gasteiger partial charge in [0.2, 0.25) is 0 Å². The molecular formula is C7H8ClNO. The number of alkyl halides is 1. The quantitative estimate of drug-likeness (QED) is 0.616. The Morgan fingerprint density at radius 3 is 3.00 bits per heavy atom. The normalized spacial score (nSPS) is 17.7. The van der Waals surface area contributed by atoms with Crippen LogP contribution >= 0.6 is 11.6 Å². The molecule has 1 aromatic heterocycles. The number of hydrogen-bond acceptors (Lipinski definition) is 2. The van der Waals surface area contributed by atoms with E-state index in [1.54, 1.807) is 0 Å². The lowest BCUT2D eigenvalue weighted by molar-refractivity contribution is 0.388. The molecule has 1 aliphatic rings. The highest BCUT2D eigenvalue weighted by Crippen LogP contribution is 2.39. The van der Waals surface area contributed by atoms with E-state index in [0.29, 0.717) is 11.8 Å². The van der Waals surface area contributed by atoms with Gasteiger partial charge in [0.15, 0.2) is 5.76 Å². The van der Waals surface area contributed by atoms with E-state index in [1.165, 1.54) is 12.8 Å². The maximum absolute atomic E-state index is 5.53. The molecule has 0 saturated heterocycles. The average Bonchev–Trinajstić information content (AvgIpc) is 2.70. The van der Waals surface area contributed by atoms with E-state index < -0.39 is 0 Å². The fraction of sp³-hybridized carbons (Fsp3) is 0.571. The minimum Gasteiger partial charge on any atom is -0.360 e. The van der Waals surface area contributed by atoms with Crippen LogP contribution in [-0.2, 0) is 5.88 Å². The molecule has 1 aliphatic carbocycles. The largest absolute Gasteiger partial charge is 0.360 e. The van der Waals surface area contributed by atoms with E-state index in [1.807, 2.05) is 6.07 Å². The van der Waals surface area contributed by atoms with Crippen molar-refractivity contribution < 1.29 is 4.52 Å². The molecule has 1 aromatic rings. The minimum absolute atomic E-state index is 0.430. The summed E-state index contributed by atoms with van der Waals surface area (Å²) < 4.78 is 4.93. The van der Waals surface area contributed by atoms with Gasteiger partial charge in [-0.1, -0.05) is 5.16 Å². The minimum atomic E-state index is 0.430. The number of rotatable bonds is 2. The monoisotopic (exact) mass is 157 g/mol. The molecule has 54 valence electrons. The first-order chi connectivity index (χ1) is 4.90. The Morgan fingerprint density at radius 2 is 2.50 bits per heavy atom. The van der Waals surface area contributed by atoms with Crippen molar-refractivity contribution in [3.05, 3.63) is 17.5 Å². The second-order valence-electron chi connectivity index (χ2n) is 2.63. The van der Waals surface area contributed by atoms with Crippen LogP contribution in [0.3, 0.4) is 0 Å². The summed E-state index contributed by atoms with van der Waals surface area (Å²) >= 11 is 5.53. The van der Waals surface area contributed by atoms with E-state index in [4.69, 9.17) is 16.1 Å². The van der Waals surface area contributed by atoms with Gasteiger partial charge in [0, 0.05) is 12.0 Å². The first-order valence-electron chi connectivity index (χ1n) is 3.41. The second-order valence-corrected chi connectivity index (χ2v) is 2.89. The Labute approximate surface area is 64.2 Å². The van der Waals surface area contributed by atoms with Crippen molar-refractivity contribution in [1.82, 2.24) is 5.16 Å². The van der Waals surface area contributed by atoms with Crippen LogP contribution < -0.4 is 0 Å². The molecule has 0 radical (unpaired) electrons. The molecule has 1 fully saturated rings. The standard InChI is InChI=1S/C7H8ClNO/c8-4-6-3-7(9-10-6)5-1-2-5/h3,5H,1-2,4H2. The molecule has 3 heteroatoms. The number of aromatic nitrogens is 1. The lowest BCUT2D eigenvalue weighted by atomic mass is 10.3. The molecule has 2 nitrogen and oxygen atoms in total. The van der Waals surface area contributed by atoms with Crippen molar-refractivity contribution in [2.75, 3.05) is 0 Å². The van der Waals surface area contributed by atoms with Gasteiger partial charge in [-0.05, 0) is 12.8 Å². The van der Waals surface area contributed by atoms with Crippen LogP contribution in [0.1, 0.15) is 30.2 Å². The highest BCUT2D eigenvalue weighted by molar-refractivity contribution is 6.16. The molecule has 0 spiro atoms. The fourth-order valence-corrected chi connectivity index (χ4v) is 1.09. The Kier molecular flexibility index (Phi) is 1.42. The van der Waals surface area contributed by atoms with Gasteiger partial charge in [-0.2, -0.15) is 0 Å². The van der Waals surface area contributed by atoms with Gasteiger partial charge in [0.05, 0.1) is 11.6 Å². The molecule has 0 aromatic carbocycles. The van der Waals surface area contributed by atoms with Gasteiger partial charge in [-0.15, -0.1) is 11.6 Å². The molecule has 2 rings (SSSR count). The maximum atomic E-state index is 5.53. The van der Waals surface area contributed by atoms with E-state index in [2.05, 4.69) is 5.16 Å². The molecule has 1 heterocycles. The smallest absolute Gasteiger partial charge is 0.151 e. The van der Waals surface area contributed by atoms with Gasteiger partial charge < -0.3 is 4.52 Å². The Hall–Kier alpha value is -0.500. The van der Waals surface area contributed by atoms with Gasteiger partial charge >= 0.3 is 0 Å². The summed E-state index contributed by atoms with van der Waals surface area (Å²) in [6.45, 7) is 0. The van der Waals surface area contributed by atoms with Crippen LogP contribution in [0.5, 0.6) is 0 Å². The number of hydrogen-bond donors (Lipinski definition) is 0. The lowest BCUT2D eigenvalue weighted by Crippen LogP contribution is -1.73. The van der Waals surface area contributed by atoms with Crippen LogP contribution in [-0.4, -0.2) is 5.16 Å². The summed E-state index contributed by atoms with van der Waals surface area (Å²) in [5, 5.41) is 3.89. The zero-order chi connectivity index (χ0) is 6.97. The van der Waals surface area contributed by atoms with Crippen LogP contribution in [0.2, 0.25) is 0 Å². The van der Waals surface area contributed by atoms with E-state index in [9.17, 15) is 0 Å². The Bertz CT molecular complexity index is 229. The van der Waals surface area contributed by atoms with Crippen molar-refractivity contribution in [3.63, 3.8) is 0 Å². The predicted molar refractivity (Wildman–Crippen MR) is 38.0 cm³/mol. The molecule has 0 unspecified atom stereocenters. The summed E-state index contributed by atoms with van der Waals surface area (Å²) in [5.74, 6) is 1.88. The molecule has 0 N–H and O–H groups in total. The molecule has 0 atom stereocenters. The highest BCUT2D eigenvalue weighted by atomic mass is 35.5. The fourth-order valence-electron chi connectivity index (χ4n) is 0.963. The van der Waals surface area contributed by atoms with Gasteiger partial charge in [-0.3, -0.25) is 0 Å². The molecule has 1 saturated carbocycles. The highest BCUT2D eigenvalue weighted by Gasteiger charge is 2.26. The van der Waals surface area contributed by atoms with E-state index >= 15 is 0 Å². The zero-order valence-corrected chi connectivity index (χ0v) is 6.27. The van der Waals surface area contributed by atoms with Crippen LogP contribution in [0.25, 0.3) is 0 Å². The molecular weight excluding hydrogens is 150 g/mol. The summed E-state index contributed by atoms with van der Waals surface area (Å²) in [5.41, 5.74) is 1.08. The third kappa shape index (κ3) is 1.03. The molecule has 0 bridgehead atoms. The maximum Gasteiger partial charge on any atom is 0.151 e. The van der Waals surface area contributed by atoms with Gasteiger partial charge in [-0.25, -0.2) is 0 Å². The zero-order valence-electron chi connectivity index (χ0n) is 5.51. The average molecular weight is 158 g/mol. The predicted octanol–water partition coefficient (Wildman–Crippen LogP) is 2.29. The van der Waals surface area contributed by atoms with Gasteiger partial charge in [0.25, 0.3) is 0 Å². The third-order valence-corrected chi connectivity index (χ3v) is 1.97. The van der Waals surface area contributed by atoms with Crippen LogP contribution in [0.4, 0.5) is 0 Å². The number of nitrogens with zero attached hydrogens (tertiary/aromatic N) is 1.